The molecule has 0 unspecified atom stereocenters. The van der Waals surface area contributed by atoms with Crippen molar-refractivity contribution in [2.75, 3.05) is 26.8 Å². The number of hydrogen-bond donors (Lipinski definition) is 0. The summed E-state index contributed by atoms with van der Waals surface area (Å²) < 4.78 is 5.18. The van der Waals surface area contributed by atoms with E-state index in [1.54, 1.807) is 7.11 Å². The fourth-order valence-electron chi connectivity index (χ4n) is 3.18. The maximum Gasteiger partial charge on any atom is 0.222 e. The van der Waals surface area contributed by atoms with Crippen molar-refractivity contribution in [1.82, 2.24) is 4.90 Å². The van der Waals surface area contributed by atoms with Gasteiger partial charge in [-0.25, -0.2) is 0 Å². The standard InChI is InChI=1S/C14H25NO2/c1-17-11-13-6-8-15(9-7-13)14(16)10-12-4-2-3-5-12/h12-13H,2-11H2,1H3. The van der Waals surface area contributed by atoms with Crippen LogP contribution in [0, 0.1) is 11.8 Å². The Bertz CT molecular complexity index is 241. The molecule has 0 aromatic carbocycles. The second-order valence-electron chi connectivity index (χ2n) is 5.63. The first-order valence-corrected chi connectivity index (χ1v) is 7.06. The average Bonchev–Trinajstić information content (AvgIpc) is 2.83. The zero-order chi connectivity index (χ0) is 12.1. The Morgan fingerprint density at radius 1 is 1.12 bits per heavy atom. The highest BCUT2D eigenvalue weighted by Gasteiger charge is 2.25. The Balaban J connectivity index is 1.70. The SMILES string of the molecule is COCC1CCN(C(=O)CC2CCCC2)CC1. The lowest BCUT2D eigenvalue weighted by Gasteiger charge is -2.32. The molecule has 3 nitrogen and oxygen atoms in total. The number of amides is 1. The summed E-state index contributed by atoms with van der Waals surface area (Å²) in [7, 11) is 1.76. The minimum absolute atomic E-state index is 0.396. The van der Waals surface area contributed by atoms with Crippen molar-refractivity contribution in [1.29, 1.82) is 0 Å². The smallest absolute Gasteiger partial charge is 0.222 e. The Labute approximate surface area is 105 Å². The Morgan fingerprint density at radius 2 is 1.76 bits per heavy atom. The van der Waals surface area contributed by atoms with Crippen molar-refractivity contribution in [2.24, 2.45) is 11.8 Å². The molecule has 0 N–H and O–H groups in total. The van der Waals surface area contributed by atoms with Gasteiger partial charge in [0.15, 0.2) is 0 Å². The number of likely N-dealkylation sites (tertiary alicyclic amines) is 1. The molecule has 1 amide bonds. The first-order chi connectivity index (χ1) is 8.29. The number of methoxy groups -OCH3 is 1. The van der Waals surface area contributed by atoms with Crippen LogP contribution in [-0.4, -0.2) is 37.6 Å². The van der Waals surface area contributed by atoms with E-state index in [0.717, 1.165) is 39.0 Å². The maximum atomic E-state index is 12.1. The fourth-order valence-corrected chi connectivity index (χ4v) is 3.18. The van der Waals surface area contributed by atoms with Gasteiger partial charge in [-0.3, -0.25) is 4.79 Å². The summed E-state index contributed by atoms with van der Waals surface area (Å²) in [5, 5.41) is 0. The molecular formula is C14H25NO2. The van der Waals surface area contributed by atoms with E-state index in [4.69, 9.17) is 4.74 Å². The highest BCUT2D eigenvalue weighted by molar-refractivity contribution is 5.76. The number of nitrogens with zero attached hydrogens (tertiary/aromatic N) is 1. The summed E-state index contributed by atoms with van der Waals surface area (Å²) in [5.74, 6) is 1.74. The van der Waals surface area contributed by atoms with Crippen LogP contribution >= 0.6 is 0 Å². The highest BCUT2D eigenvalue weighted by Crippen LogP contribution is 2.28. The van der Waals surface area contributed by atoms with Crippen molar-refractivity contribution in [3.63, 3.8) is 0 Å². The lowest BCUT2D eigenvalue weighted by molar-refractivity contribution is -0.133. The van der Waals surface area contributed by atoms with Gasteiger partial charge >= 0.3 is 0 Å². The molecule has 2 rings (SSSR count). The van der Waals surface area contributed by atoms with Crippen molar-refractivity contribution < 1.29 is 9.53 Å². The van der Waals surface area contributed by atoms with E-state index in [1.807, 2.05) is 0 Å². The first kappa shape index (κ1) is 12.9. The summed E-state index contributed by atoms with van der Waals surface area (Å²) >= 11 is 0. The second kappa shape index (κ2) is 6.39. The van der Waals surface area contributed by atoms with Gasteiger partial charge in [0.2, 0.25) is 5.91 Å². The molecule has 1 saturated carbocycles. The summed E-state index contributed by atoms with van der Waals surface area (Å²) in [6, 6.07) is 0. The van der Waals surface area contributed by atoms with Gasteiger partial charge in [0.05, 0.1) is 0 Å². The van der Waals surface area contributed by atoms with Crippen molar-refractivity contribution in [3.8, 4) is 0 Å². The van der Waals surface area contributed by atoms with Gasteiger partial charge in [0, 0.05) is 33.2 Å². The minimum atomic E-state index is 0.396. The third kappa shape index (κ3) is 3.70. The summed E-state index contributed by atoms with van der Waals surface area (Å²) in [4.78, 5) is 14.2. The molecule has 0 spiro atoms. The average molecular weight is 239 g/mol. The molecule has 1 saturated heterocycles. The number of carbonyl (C=O) groups is 1. The van der Waals surface area contributed by atoms with Crippen LogP contribution in [0.4, 0.5) is 0 Å². The topological polar surface area (TPSA) is 29.5 Å². The van der Waals surface area contributed by atoms with E-state index >= 15 is 0 Å². The number of carbonyl (C=O) groups excluding carboxylic acids is 1. The molecule has 0 aromatic heterocycles. The molecule has 1 aliphatic heterocycles. The zero-order valence-corrected chi connectivity index (χ0v) is 11.0. The molecule has 1 aliphatic carbocycles. The molecule has 3 heteroatoms. The second-order valence-corrected chi connectivity index (χ2v) is 5.63. The van der Waals surface area contributed by atoms with Gasteiger partial charge in [-0.2, -0.15) is 0 Å². The largest absolute Gasteiger partial charge is 0.384 e. The van der Waals surface area contributed by atoms with E-state index in [0.29, 0.717) is 17.7 Å². The minimum Gasteiger partial charge on any atom is -0.384 e. The van der Waals surface area contributed by atoms with Gasteiger partial charge in [-0.15, -0.1) is 0 Å². The van der Waals surface area contributed by atoms with Gasteiger partial charge in [-0.05, 0) is 37.5 Å². The molecule has 98 valence electrons. The maximum absolute atomic E-state index is 12.1. The van der Waals surface area contributed by atoms with Gasteiger partial charge in [0.1, 0.15) is 0 Å². The molecular weight excluding hydrogens is 214 g/mol. The van der Waals surface area contributed by atoms with Crippen LogP contribution in [0.2, 0.25) is 0 Å². The van der Waals surface area contributed by atoms with Crippen LogP contribution in [0.15, 0.2) is 0 Å². The highest BCUT2D eigenvalue weighted by atomic mass is 16.5. The van der Waals surface area contributed by atoms with Crippen molar-refractivity contribution in [3.05, 3.63) is 0 Å². The third-order valence-corrected chi connectivity index (χ3v) is 4.31. The first-order valence-electron chi connectivity index (χ1n) is 7.06. The van der Waals surface area contributed by atoms with E-state index < -0.39 is 0 Å². The number of piperidine rings is 1. The van der Waals surface area contributed by atoms with Crippen LogP contribution < -0.4 is 0 Å². The van der Waals surface area contributed by atoms with E-state index in [9.17, 15) is 4.79 Å². The summed E-state index contributed by atoms with van der Waals surface area (Å²) in [6.45, 7) is 2.74. The lowest BCUT2D eigenvalue weighted by Crippen LogP contribution is -2.39. The molecule has 2 fully saturated rings. The van der Waals surface area contributed by atoms with Crippen LogP contribution in [0.25, 0.3) is 0 Å². The molecule has 0 bridgehead atoms. The lowest BCUT2D eigenvalue weighted by atomic mass is 9.96. The number of ether oxygens (including phenoxy) is 1. The van der Waals surface area contributed by atoms with Crippen molar-refractivity contribution in [2.45, 2.75) is 44.9 Å². The molecule has 2 aliphatic rings. The van der Waals surface area contributed by atoms with E-state index in [2.05, 4.69) is 4.90 Å². The van der Waals surface area contributed by atoms with E-state index in [1.165, 1.54) is 25.7 Å². The van der Waals surface area contributed by atoms with Gasteiger partial charge in [-0.1, -0.05) is 12.8 Å². The summed E-state index contributed by atoms with van der Waals surface area (Å²) in [6.07, 6.45) is 8.23. The third-order valence-electron chi connectivity index (χ3n) is 4.31. The molecule has 0 atom stereocenters. The predicted molar refractivity (Wildman–Crippen MR) is 67.8 cm³/mol. The van der Waals surface area contributed by atoms with Gasteiger partial charge in [0.25, 0.3) is 0 Å². The van der Waals surface area contributed by atoms with Crippen LogP contribution in [0.5, 0.6) is 0 Å². The zero-order valence-electron chi connectivity index (χ0n) is 11.0. The van der Waals surface area contributed by atoms with Gasteiger partial charge < -0.3 is 9.64 Å². The summed E-state index contributed by atoms with van der Waals surface area (Å²) in [5.41, 5.74) is 0. The Kier molecular flexibility index (Phi) is 4.84. The molecule has 17 heavy (non-hydrogen) atoms. The quantitative estimate of drug-likeness (QED) is 0.754. The molecule has 0 aromatic rings. The number of rotatable bonds is 4. The van der Waals surface area contributed by atoms with Crippen LogP contribution in [0.3, 0.4) is 0 Å². The normalized spacial score (nSPS) is 23.2. The van der Waals surface area contributed by atoms with E-state index in [-0.39, 0.29) is 0 Å². The predicted octanol–water partition coefficient (Wildman–Crippen LogP) is 2.45. The van der Waals surface area contributed by atoms with Crippen LogP contribution in [-0.2, 0) is 9.53 Å². The molecule has 1 heterocycles. The number of hydrogen-bond acceptors (Lipinski definition) is 2. The Morgan fingerprint density at radius 3 is 2.35 bits per heavy atom. The fraction of sp³-hybridized carbons (Fsp3) is 0.929. The van der Waals surface area contributed by atoms with Crippen LogP contribution in [0.1, 0.15) is 44.9 Å². The van der Waals surface area contributed by atoms with Crippen molar-refractivity contribution >= 4 is 5.91 Å². The monoisotopic (exact) mass is 239 g/mol. The molecule has 0 radical (unpaired) electrons. The Hall–Kier alpha value is -0.570.